The predicted octanol–water partition coefficient (Wildman–Crippen LogP) is 0.164. The molecule has 0 radical (unpaired) electrons. The Morgan fingerprint density at radius 2 is 2.06 bits per heavy atom. The third kappa shape index (κ3) is 7.30. The third-order valence-electron chi connectivity index (χ3n) is 2.07. The van der Waals surface area contributed by atoms with E-state index < -0.39 is 24.5 Å². The molecule has 0 heterocycles. The number of amidine groups is 1. The first-order valence-corrected chi connectivity index (χ1v) is 5.25. The average Bonchev–Trinajstić information content (AvgIpc) is 2.30. The lowest BCUT2D eigenvalue weighted by Crippen LogP contribution is -2.43. The molecular weight excluding hydrogens is 255 g/mol. The van der Waals surface area contributed by atoms with Crippen LogP contribution in [0.4, 0.5) is 13.2 Å². The summed E-state index contributed by atoms with van der Waals surface area (Å²) in [7, 11) is 1.52. The van der Waals surface area contributed by atoms with Gasteiger partial charge in [-0.2, -0.15) is 13.2 Å². The van der Waals surface area contributed by atoms with Crippen molar-refractivity contribution in [1.29, 1.82) is 0 Å². The molecule has 1 atom stereocenters. The van der Waals surface area contributed by atoms with E-state index in [1.165, 1.54) is 7.11 Å². The summed E-state index contributed by atoms with van der Waals surface area (Å²) in [6.07, 6.45) is -4.56. The number of hydrogen-bond donors (Lipinski definition) is 3. The van der Waals surface area contributed by atoms with Gasteiger partial charge in [-0.05, 0) is 0 Å². The number of nitrogens with zero attached hydrogens (tertiary/aromatic N) is 1. The number of alkyl halides is 3. The topological polar surface area (TPSA) is 89.1 Å². The van der Waals surface area contributed by atoms with Gasteiger partial charge in [-0.25, -0.2) is 0 Å². The Labute approximate surface area is 103 Å². The van der Waals surface area contributed by atoms with Gasteiger partial charge >= 0.3 is 6.18 Å². The lowest BCUT2D eigenvalue weighted by molar-refractivity contribution is -0.155. The van der Waals surface area contributed by atoms with Crippen molar-refractivity contribution >= 4 is 5.84 Å². The molecule has 6 nitrogen and oxygen atoms in total. The molecule has 0 aliphatic rings. The number of oxime groups is 1. The summed E-state index contributed by atoms with van der Waals surface area (Å²) in [4.78, 5) is 0. The standard InChI is InChI=1S/C9H18F3N3O3/c1-17-4-5-18-3-2-14-6-7(8(13)15-16)9(10,11)12/h7,14,16H,2-6H2,1H3,(H2,13,15). The van der Waals surface area contributed by atoms with Crippen molar-refractivity contribution in [3.8, 4) is 0 Å². The van der Waals surface area contributed by atoms with Crippen LogP contribution in [0, 0.1) is 5.92 Å². The fourth-order valence-corrected chi connectivity index (χ4v) is 1.09. The van der Waals surface area contributed by atoms with Crippen LogP contribution in [0.3, 0.4) is 0 Å². The number of ether oxygens (including phenoxy) is 2. The van der Waals surface area contributed by atoms with Gasteiger partial charge in [0, 0.05) is 20.2 Å². The molecule has 0 aliphatic carbocycles. The van der Waals surface area contributed by atoms with E-state index in [1.807, 2.05) is 0 Å². The lowest BCUT2D eigenvalue weighted by atomic mass is 10.1. The van der Waals surface area contributed by atoms with Crippen LogP contribution in [-0.4, -0.2) is 57.2 Å². The second-order valence-corrected chi connectivity index (χ2v) is 3.43. The van der Waals surface area contributed by atoms with Crippen LogP contribution in [0.25, 0.3) is 0 Å². The van der Waals surface area contributed by atoms with E-state index in [0.717, 1.165) is 0 Å². The third-order valence-corrected chi connectivity index (χ3v) is 2.07. The Hall–Kier alpha value is -1.06. The summed E-state index contributed by atoms with van der Waals surface area (Å²) in [5.74, 6) is -2.88. The molecule has 0 spiro atoms. The van der Waals surface area contributed by atoms with Gasteiger partial charge in [0.05, 0.1) is 19.8 Å². The summed E-state index contributed by atoms with van der Waals surface area (Å²) in [6.45, 7) is 0.822. The highest BCUT2D eigenvalue weighted by molar-refractivity contribution is 5.83. The van der Waals surface area contributed by atoms with E-state index in [4.69, 9.17) is 20.4 Å². The van der Waals surface area contributed by atoms with Gasteiger partial charge in [-0.3, -0.25) is 0 Å². The van der Waals surface area contributed by atoms with E-state index in [2.05, 4.69) is 10.5 Å². The number of hydrogen-bond acceptors (Lipinski definition) is 5. The zero-order valence-electron chi connectivity index (χ0n) is 10.0. The van der Waals surface area contributed by atoms with Gasteiger partial charge in [0.2, 0.25) is 0 Å². The molecule has 9 heteroatoms. The van der Waals surface area contributed by atoms with Crippen LogP contribution in [0.5, 0.6) is 0 Å². The first kappa shape index (κ1) is 16.9. The minimum atomic E-state index is -4.56. The zero-order chi connectivity index (χ0) is 14.0. The van der Waals surface area contributed by atoms with Crippen molar-refractivity contribution in [1.82, 2.24) is 5.32 Å². The largest absolute Gasteiger partial charge is 0.409 e. The van der Waals surface area contributed by atoms with Crippen molar-refractivity contribution in [2.75, 3.05) is 40.0 Å². The number of nitrogens with one attached hydrogen (secondary N) is 1. The Morgan fingerprint density at radius 3 is 2.56 bits per heavy atom. The Kier molecular flexibility index (Phi) is 8.42. The Balaban J connectivity index is 3.86. The predicted molar refractivity (Wildman–Crippen MR) is 58.5 cm³/mol. The van der Waals surface area contributed by atoms with Gasteiger partial charge in [0.1, 0.15) is 5.92 Å². The van der Waals surface area contributed by atoms with Crippen molar-refractivity contribution in [2.45, 2.75) is 6.18 Å². The summed E-state index contributed by atoms with van der Waals surface area (Å²) in [5.41, 5.74) is 4.98. The van der Waals surface area contributed by atoms with Gasteiger partial charge < -0.3 is 25.7 Å². The molecule has 108 valence electrons. The first-order chi connectivity index (χ1) is 8.43. The SMILES string of the molecule is COCCOCCNCC(C(N)=NO)C(F)(F)F. The monoisotopic (exact) mass is 273 g/mol. The van der Waals surface area contributed by atoms with Crippen LogP contribution in [0.1, 0.15) is 0 Å². The van der Waals surface area contributed by atoms with Crippen molar-refractivity contribution in [3.05, 3.63) is 0 Å². The highest BCUT2D eigenvalue weighted by Crippen LogP contribution is 2.25. The molecule has 0 aromatic rings. The lowest BCUT2D eigenvalue weighted by Gasteiger charge is -2.19. The minimum absolute atomic E-state index is 0.231. The van der Waals surface area contributed by atoms with Gasteiger partial charge in [0.15, 0.2) is 5.84 Å². The van der Waals surface area contributed by atoms with Crippen molar-refractivity contribution in [2.24, 2.45) is 16.8 Å². The zero-order valence-corrected chi connectivity index (χ0v) is 10.0. The second kappa shape index (κ2) is 8.95. The minimum Gasteiger partial charge on any atom is -0.409 e. The highest BCUT2D eigenvalue weighted by Gasteiger charge is 2.42. The van der Waals surface area contributed by atoms with Crippen LogP contribution in [0.2, 0.25) is 0 Å². The number of halogens is 3. The van der Waals surface area contributed by atoms with E-state index in [9.17, 15) is 13.2 Å². The fraction of sp³-hybridized carbons (Fsp3) is 0.889. The van der Waals surface area contributed by atoms with Crippen LogP contribution >= 0.6 is 0 Å². The Bertz CT molecular complexity index is 249. The van der Waals surface area contributed by atoms with Crippen LogP contribution in [-0.2, 0) is 9.47 Å². The molecule has 18 heavy (non-hydrogen) atoms. The molecular formula is C9H18F3N3O3. The molecule has 0 aromatic carbocycles. The molecule has 0 amide bonds. The fourth-order valence-electron chi connectivity index (χ4n) is 1.09. The molecule has 1 unspecified atom stereocenters. The van der Waals surface area contributed by atoms with Crippen molar-refractivity contribution in [3.63, 3.8) is 0 Å². The van der Waals surface area contributed by atoms with E-state index in [-0.39, 0.29) is 13.2 Å². The van der Waals surface area contributed by atoms with Crippen LogP contribution in [0.15, 0.2) is 5.16 Å². The van der Waals surface area contributed by atoms with Gasteiger partial charge in [-0.15, -0.1) is 0 Å². The summed E-state index contributed by atoms with van der Waals surface area (Å²) in [6, 6.07) is 0. The molecule has 0 bridgehead atoms. The summed E-state index contributed by atoms with van der Waals surface area (Å²) >= 11 is 0. The second-order valence-electron chi connectivity index (χ2n) is 3.43. The highest BCUT2D eigenvalue weighted by atomic mass is 19.4. The smallest absolute Gasteiger partial charge is 0.400 e. The molecule has 0 saturated heterocycles. The van der Waals surface area contributed by atoms with Gasteiger partial charge in [-0.1, -0.05) is 5.16 Å². The maximum atomic E-state index is 12.5. The summed E-state index contributed by atoms with van der Waals surface area (Å²) in [5, 5.41) is 13.2. The quantitative estimate of drug-likeness (QED) is 0.183. The molecule has 0 aliphatic heterocycles. The Morgan fingerprint density at radius 1 is 1.39 bits per heavy atom. The molecule has 0 saturated carbocycles. The summed E-state index contributed by atoms with van der Waals surface area (Å²) < 4.78 is 47.2. The molecule has 0 rings (SSSR count). The van der Waals surface area contributed by atoms with E-state index in [1.54, 1.807) is 0 Å². The van der Waals surface area contributed by atoms with E-state index in [0.29, 0.717) is 13.2 Å². The molecule has 0 aromatic heterocycles. The number of rotatable bonds is 9. The molecule has 4 N–H and O–H groups in total. The average molecular weight is 273 g/mol. The van der Waals surface area contributed by atoms with Crippen molar-refractivity contribution < 1.29 is 27.9 Å². The van der Waals surface area contributed by atoms with E-state index >= 15 is 0 Å². The maximum absolute atomic E-state index is 12.5. The van der Waals surface area contributed by atoms with Crippen LogP contribution < -0.4 is 11.1 Å². The van der Waals surface area contributed by atoms with Gasteiger partial charge in [0.25, 0.3) is 0 Å². The maximum Gasteiger partial charge on any atom is 0.400 e. The first-order valence-electron chi connectivity index (χ1n) is 5.25. The number of nitrogens with two attached hydrogens (primary N) is 1. The number of methoxy groups -OCH3 is 1. The normalized spacial score (nSPS) is 14.8. The molecule has 0 fully saturated rings.